The molecular weight excluding hydrogens is 448 g/mol. The number of ether oxygens (including phenoxy) is 2. The summed E-state index contributed by atoms with van der Waals surface area (Å²) in [7, 11) is 0. The van der Waals surface area contributed by atoms with Crippen LogP contribution in [-0.4, -0.2) is 39.6 Å². The van der Waals surface area contributed by atoms with Crippen LogP contribution in [0.4, 0.5) is 5.82 Å². The second-order valence-electron chi connectivity index (χ2n) is 8.47. The SMILES string of the molecule is CCOc1cc(C2C(=C(O)c3ccc4c(c3)CC(C)O4)C(=O)C(=O)N2c2ccccn2)ccc1O. The molecule has 35 heavy (non-hydrogen) atoms. The summed E-state index contributed by atoms with van der Waals surface area (Å²) in [5, 5.41) is 21.6. The second-order valence-corrected chi connectivity index (χ2v) is 8.47. The molecule has 3 heterocycles. The first-order valence-electron chi connectivity index (χ1n) is 11.4. The van der Waals surface area contributed by atoms with E-state index in [1.165, 1.54) is 17.2 Å². The zero-order valence-corrected chi connectivity index (χ0v) is 19.3. The van der Waals surface area contributed by atoms with Gasteiger partial charge in [0.1, 0.15) is 23.4 Å². The van der Waals surface area contributed by atoms with Crippen LogP contribution in [0.15, 0.2) is 66.4 Å². The minimum Gasteiger partial charge on any atom is -0.507 e. The van der Waals surface area contributed by atoms with Crippen molar-refractivity contribution >= 4 is 23.3 Å². The summed E-state index contributed by atoms with van der Waals surface area (Å²) in [6.45, 7) is 4.05. The lowest BCUT2D eigenvalue weighted by Gasteiger charge is -2.25. The van der Waals surface area contributed by atoms with Crippen LogP contribution in [0.1, 0.15) is 36.6 Å². The maximum absolute atomic E-state index is 13.3. The zero-order valence-electron chi connectivity index (χ0n) is 19.3. The summed E-state index contributed by atoms with van der Waals surface area (Å²) in [5.74, 6) is -0.785. The van der Waals surface area contributed by atoms with E-state index >= 15 is 0 Å². The number of Topliss-reactive ketones (excluding diaryl/α,β-unsaturated/α-hetero) is 1. The standard InChI is InChI=1S/C27H24N2O6/c1-3-34-21-14-16(7-9-19(21)30)24-23(26(32)27(33)29(24)22-6-4-5-11-28-22)25(31)17-8-10-20-18(13-17)12-15(2)35-20/h4-11,13-15,24,30-31H,3,12H2,1-2H3. The van der Waals surface area contributed by atoms with Crippen molar-refractivity contribution in [2.24, 2.45) is 0 Å². The Morgan fingerprint density at radius 2 is 2.00 bits per heavy atom. The fourth-order valence-corrected chi connectivity index (χ4v) is 4.58. The third-order valence-corrected chi connectivity index (χ3v) is 6.11. The molecule has 0 spiro atoms. The predicted molar refractivity (Wildman–Crippen MR) is 129 cm³/mol. The molecule has 2 atom stereocenters. The molecule has 0 aliphatic carbocycles. The number of ketones is 1. The molecule has 8 heteroatoms. The minimum atomic E-state index is -0.979. The van der Waals surface area contributed by atoms with Crippen molar-refractivity contribution < 1.29 is 29.3 Å². The first-order valence-corrected chi connectivity index (χ1v) is 11.4. The van der Waals surface area contributed by atoms with E-state index in [0.29, 0.717) is 24.2 Å². The van der Waals surface area contributed by atoms with Gasteiger partial charge in [0.2, 0.25) is 0 Å². The van der Waals surface area contributed by atoms with E-state index in [2.05, 4.69) is 4.98 Å². The van der Waals surface area contributed by atoms with Crippen molar-refractivity contribution in [3.8, 4) is 17.2 Å². The highest BCUT2D eigenvalue weighted by atomic mass is 16.5. The topological polar surface area (TPSA) is 109 Å². The fourth-order valence-electron chi connectivity index (χ4n) is 4.58. The third-order valence-electron chi connectivity index (χ3n) is 6.11. The van der Waals surface area contributed by atoms with E-state index in [9.17, 15) is 19.8 Å². The smallest absolute Gasteiger partial charge is 0.301 e. The number of anilines is 1. The normalized spacial score (nSPS) is 20.6. The highest BCUT2D eigenvalue weighted by Gasteiger charge is 2.47. The molecular formula is C27H24N2O6. The lowest BCUT2D eigenvalue weighted by Crippen LogP contribution is -2.30. The monoisotopic (exact) mass is 472 g/mol. The Labute approximate surface area is 202 Å². The molecule has 0 saturated carbocycles. The number of phenolic OH excluding ortho intramolecular Hbond substituents is 1. The van der Waals surface area contributed by atoms with E-state index in [4.69, 9.17) is 9.47 Å². The number of aromatic nitrogens is 1. The highest BCUT2D eigenvalue weighted by Crippen LogP contribution is 2.44. The van der Waals surface area contributed by atoms with Gasteiger partial charge >= 0.3 is 5.91 Å². The van der Waals surface area contributed by atoms with Crippen molar-refractivity contribution in [3.63, 3.8) is 0 Å². The molecule has 178 valence electrons. The van der Waals surface area contributed by atoms with Crippen LogP contribution in [-0.2, 0) is 16.0 Å². The number of rotatable bonds is 5. The lowest BCUT2D eigenvalue weighted by molar-refractivity contribution is -0.132. The van der Waals surface area contributed by atoms with E-state index < -0.39 is 17.7 Å². The number of benzene rings is 2. The molecule has 8 nitrogen and oxygen atoms in total. The van der Waals surface area contributed by atoms with E-state index in [-0.39, 0.29) is 34.8 Å². The van der Waals surface area contributed by atoms with Gasteiger partial charge in [0.05, 0.1) is 18.2 Å². The van der Waals surface area contributed by atoms with Gasteiger partial charge in [-0.3, -0.25) is 14.5 Å². The maximum Gasteiger partial charge on any atom is 0.301 e. The van der Waals surface area contributed by atoms with Crippen molar-refractivity contribution in [3.05, 3.63) is 83.1 Å². The summed E-state index contributed by atoms with van der Waals surface area (Å²) in [6, 6.07) is 13.9. The van der Waals surface area contributed by atoms with Crippen molar-refractivity contribution in [1.29, 1.82) is 0 Å². The number of carbonyl (C=O) groups excluding carboxylic acids is 2. The van der Waals surface area contributed by atoms with Crippen LogP contribution in [0, 0.1) is 0 Å². The Morgan fingerprint density at radius 1 is 1.17 bits per heavy atom. The van der Waals surface area contributed by atoms with Crippen molar-refractivity contribution in [2.75, 3.05) is 11.5 Å². The van der Waals surface area contributed by atoms with Crippen LogP contribution in [0.5, 0.6) is 17.2 Å². The lowest BCUT2D eigenvalue weighted by atomic mass is 9.94. The number of amides is 1. The van der Waals surface area contributed by atoms with Crippen LogP contribution < -0.4 is 14.4 Å². The Balaban J connectivity index is 1.70. The molecule has 0 radical (unpaired) electrons. The molecule has 2 unspecified atom stereocenters. The summed E-state index contributed by atoms with van der Waals surface area (Å²) < 4.78 is 11.3. The van der Waals surface area contributed by atoms with Crippen molar-refractivity contribution in [1.82, 2.24) is 4.98 Å². The number of phenols is 1. The Hall–Kier alpha value is -4.33. The number of carbonyl (C=O) groups is 2. The number of nitrogens with zero attached hydrogens (tertiary/aromatic N) is 2. The van der Waals surface area contributed by atoms with E-state index in [1.807, 2.05) is 6.92 Å². The summed E-state index contributed by atoms with van der Waals surface area (Å²) in [6.07, 6.45) is 2.22. The summed E-state index contributed by atoms with van der Waals surface area (Å²) >= 11 is 0. The molecule has 2 aliphatic heterocycles. The highest BCUT2D eigenvalue weighted by molar-refractivity contribution is 6.51. The average molecular weight is 472 g/mol. The van der Waals surface area contributed by atoms with Gasteiger partial charge in [-0.25, -0.2) is 4.98 Å². The van der Waals surface area contributed by atoms with Gasteiger partial charge in [0.25, 0.3) is 5.78 Å². The number of aromatic hydroxyl groups is 1. The zero-order chi connectivity index (χ0) is 24.7. The first-order chi connectivity index (χ1) is 16.9. The second kappa shape index (κ2) is 8.79. The largest absolute Gasteiger partial charge is 0.507 e. The third kappa shape index (κ3) is 3.86. The van der Waals surface area contributed by atoms with Crippen LogP contribution in [0.25, 0.3) is 5.76 Å². The molecule has 3 aromatic rings. The Bertz CT molecular complexity index is 1350. The molecule has 2 N–H and O–H groups in total. The fraction of sp³-hybridized carbons (Fsp3) is 0.222. The molecule has 2 aliphatic rings. The summed E-state index contributed by atoms with van der Waals surface area (Å²) in [5.41, 5.74) is 1.74. The van der Waals surface area contributed by atoms with Gasteiger partial charge in [-0.15, -0.1) is 0 Å². The summed E-state index contributed by atoms with van der Waals surface area (Å²) in [4.78, 5) is 32.1. The number of pyridine rings is 1. The quantitative estimate of drug-likeness (QED) is 0.326. The minimum absolute atomic E-state index is 0.0196. The number of aliphatic hydroxyl groups is 1. The molecule has 1 aromatic heterocycles. The van der Waals surface area contributed by atoms with Crippen LogP contribution in [0.3, 0.4) is 0 Å². The van der Waals surface area contributed by atoms with Crippen molar-refractivity contribution in [2.45, 2.75) is 32.4 Å². The van der Waals surface area contributed by atoms with Gasteiger partial charge in [0, 0.05) is 18.2 Å². The first kappa shape index (κ1) is 22.5. The molecule has 1 fully saturated rings. The van der Waals surface area contributed by atoms with E-state index in [1.54, 1.807) is 55.5 Å². The Morgan fingerprint density at radius 3 is 2.74 bits per heavy atom. The maximum atomic E-state index is 13.3. The number of fused-ring (bicyclic) bond motifs is 1. The Kier molecular flexibility index (Phi) is 5.64. The molecule has 1 saturated heterocycles. The van der Waals surface area contributed by atoms with Crippen LogP contribution in [0.2, 0.25) is 0 Å². The average Bonchev–Trinajstić information content (AvgIpc) is 3.36. The van der Waals surface area contributed by atoms with Gasteiger partial charge in [-0.05, 0) is 67.4 Å². The number of hydrogen-bond acceptors (Lipinski definition) is 7. The van der Waals surface area contributed by atoms with Crippen LogP contribution >= 0.6 is 0 Å². The molecule has 0 bridgehead atoms. The predicted octanol–water partition coefficient (Wildman–Crippen LogP) is 4.14. The molecule has 1 amide bonds. The van der Waals surface area contributed by atoms with E-state index in [0.717, 1.165) is 11.3 Å². The number of hydrogen-bond donors (Lipinski definition) is 2. The van der Waals surface area contributed by atoms with Gasteiger partial charge in [0.15, 0.2) is 11.5 Å². The van der Waals surface area contributed by atoms with Gasteiger partial charge in [-0.1, -0.05) is 12.1 Å². The number of aliphatic hydroxyl groups excluding tert-OH is 1. The van der Waals surface area contributed by atoms with Gasteiger partial charge in [-0.2, -0.15) is 0 Å². The van der Waals surface area contributed by atoms with Gasteiger partial charge < -0.3 is 19.7 Å². The molecule has 5 rings (SSSR count). The molecule has 2 aromatic carbocycles.